The zero-order valence-electron chi connectivity index (χ0n) is 61.6. The number of esters is 4. The minimum atomic E-state index is -4.95. The molecule has 0 rings (SSSR count). The molecule has 17 nitrogen and oxygen atoms in total. The number of ether oxygens (including phenoxy) is 4. The zero-order chi connectivity index (χ0) is 69.7. The highest BCUT2D eigenvalue weighted by molar-refractivity contribution is 7.47. The molecule has 0 aliphatic carbocycles. The van der Waals surface area contributed by atoms with E-state index in [1.165, 1.54) is 225 Å². The number of aliphatic hydroxyl groups is 1. The fourth-order valence-electron chi connectivity index (χ4n) is 11.8. The fourth-order valence-corrected chi connectivity index (χ4v) is 13.3. The number of unbranched alkanes of at least 4 members (excludes halogenated alkanes) is 51. The molecule has 0 aromatic heterocycles. The molecule has 0 spiro atoms. The predicted molar refractivity (Wildman–Crippen MR) is 386 cm³/mol. The van der Waals surface area contributed by atoms with Crippen molar-refractivity contribution < 1.29 is 80.2 Å². The van der Waals surface area contributed by atoms with E-state index in [9.17, 15) is 43.2 Å². The Bertz CT molecular complexity index is 1810. The molecule has 0 aliphatic rings. The summed E-state index contributed by atoms with van der Waals surface area (Å²) in [6, 6.07) is 0. The van der Waals surface area contributed by atoms with Gasteiger partial charge >= 0.3 is 39.5 Å². The van der Waals surface area contributed by atoms with Gasteiger partial charge in [0.1, 0.15) is 19.3 Å². The first-order valence-corrected chi connectivity index (χ1v) is 42.8. The summed E-state index contributed by atoms with van der Waals surface area (Å²) in [7, 11) is -9.89. The van der Waals surface area contributed by atoms with Gasteiger partial charge in [-0.3, -0.25) is 37.3 Å². The van der Waals surface area contributed by atoms with Gasteiger partial charge in [-0.1, -0.05) is 355 Å². The van der Waals surface area contributed by atoms with E-state index in [0.29, 0.717) is 25.7 Å². The largest absolute Gasteiger partial charge is 0.472 e. The second kappa shape index (κ2) is 70.5. The average Bonchev–Trinajstić information content (AvgIpc) is 3.49. The summed E-state index contributed by atoms with van der Waals surface area (Å²) in [6.07, 6.45) is 61.9. The zero-order valence-corrected chi connectivity index (χ0v) is 63.4. The van der Waals surface area contributed by atoms with E-state index >= 15 is 0 Å². The molecule has 2 unspecified atom stereocenters. The van der Waals surface area contributed by atoms with Gasteiger partial charge in [0.2, 0.25) is 0 Å². The smallest absolute Gasteiger partial charge is 0.462 e. The minimum Gasteiger partial charge on any atom is -0.462 e. The lowest BCUT2D eigenvalue weighted by Crippen LogP contribution is -2.30. The number of carbonyl (C=O) groups is 4. The fraction of sp³-hybridized carbons (Fsp3) is 0.947. The molecule has 0 aromatic carbocycles. The summed E-state index contributed by atoms with van der Waals surface area (Å²) in [5, 5.41) is 10.6. The van der Waals surface area contributed by atoms with Crippen LogP contribution in [0.2, 0.25) is 0 Å². The SMILES string of the molecule is CCCCCCCCCCCCCCCCCCCCCCCC(=O)OC[C@H](COP(=O)(O)OC[C@@H](O)COP(=O)(O)OC[C@@H](COC(=O)CCCCCCC)OC(=O)CCCCCCCCCC)OC(=O)CCCCCCCCCCCCCCCCCCCCCCC. The Labute approximate surface area is 581 Å². The third-order valence-corrected chi connectivity index (χ3v) is 19.8. The molecule has 0 saturated carbocycles. The van der Waals surface area contributed by atoms with Crippen molar-refractivity contribution in [2.45, 2.75) is 425 Å². The highest BCUT2D eigenvalue weighted by Crippen LogP contribution is 2.45. The molecular weight excluding hydrogens is 1250 g/mol. The van der Waals surface area contributed by atoms with Crippen molar-refractivity contribution in [1.82, 2.24) is 0 Å². The van der Waals surface area contributed by atoms with E-state index in [0.717, 1.165) is 103 Å². The molecule has 0 bridgehead atoms. The molecule has 0 aromatic rings. The van der Waals surface area contributed by atoms with Crippen molar-refractivity contribution >= 4 is 39.5 Å². The van der Waals surface area contributed by atoms with E-state index in [2.05, 4.69) is 27.7 Å². The van der Waals surface area contributed by atoms with Gasteiger partial charge in [0.15, 0.2) is 12.2 Å². The summed E-state index contributed by atoms with van der Waals surface area (Å²) < 4.78 is 68.1. The molecule has 0 heterocycles. The first-order valence-electron chi connectivity index (χ1n) is 39.8. The van der Waals surface area contributed by atoms with Gasteiger partial charge in [-0.05, 0) is 25.7 Å². The van der Waals surface area contributed by atoms with Gasteiger partial charge < -0.3 is 33.8 Å². The van der Waals surface area contributed by atoms with Crippen LogP contribution in [0.5, 0.6) is 0 Å². The second-order valence-electron chi connectivity index (χ2n) is 27.4. The lowest BCUT2D eigenvalue weighted by atomic mass is 10.0. The standard InChI is InChI=1S/C76H148O17P2/c1-5-9-13-17-20-23-25-27-29-31-33-35-37-39-41-43-45-47-50-53-57-61-74(79)87-67-72(93-76(81)63-59-55-51-48-46-44-42-40-38-36-34-32-30-28-26-24-21-18-14-10-6-2)69-91-95(84,85)89-65-70(77)64-88-94(82,83)90-68-71(66-86-73(78)60-56-52-16-12-8-4)92-75(80)62-58-54-49-22-19-15-11-7-3/h70-72,77H,5-69H2,1-4H3,(H,82,83)(H,84,85)/t70-,71+,72+/m0/s1. The van der Waals surface area contributed by atoms with Crippen LogP contribution in [0.25, 0.3) is 0 Å². The normalized spacial score (nSPS) is 13.9. The average molecular weight is 1400 g/mol. The van der Waals surface area contributed by atoms with Gasteiger partial charge in [-0.25, -0.2) is 9.13 Å². The van der Waals surface area contributed by atoms with Crippen molar-refractivity contribution in [3.8, 4) is 0 Å². The van der Waals surface area contributed by atoms with Crippen molar-refractivity contribution in [3.63, 3.8) is 0 Å². The van der Waals surface area contributed by atoms with Crippen LogP contribution in [0.15, 0.2) is 0 Å². The van der Waals surface area contributed by atoms with Crippen LogP contribution in [0.4, 0.5) is 0 Å². The number of rotatable bonds is 77. The Balaban J connectivity index is 5.06. The number of carbonyl (C=O) groups excluding carboxylic acids is 4. The van der Waals surface area contributed by atoms with Crippen molar-refractivity contribution in [2.75, 3.05) is 39.6 Å². The summed E-state index contributed by atoms with van der Waals surface area (Å²) in [6.45, 7) is 4.85. The third-order valence-electron chi connectivity index (χ3n) is 17.9. The third kappa shape index (κ3) is 70.3. The van der Waals surface area contributed by atoms with E-state index in [-0.39, 0.29) is 25.7 Å². The molecule has 5 atom stereocenters. The van der Waals surface area contributed by atoms with E-state index in [1.54, 1.807) is 0 Å². The minimum absolute atomic E-state index is 0.105. The van der Waals surface area contributed by atoms with Gasteiger partial charge in [-0.15, -0.1) is 0 Å². The Hall–Kier alpha value is -1.94. The molecule has 3 N–H and O–H groups in total. The van der Waals surface area contributed by atoms with Gasteiger partial charge in [0, 0.05) is 25.7 Å². The second-order valence-corrected chi connectivity index (χ2v) is 30.3. The maximum atomic E-state index is 13.1. The number of phosphoric ester groups is 2. The molecule has 19 heteroatoms. The van der Waals surface area contributed by atoms with Crippen LogP contribution < -0.4 is 0 Å². The van der Waals surface area contributed by atoms with Crippen LogP contribution >= 0.6 is 15.6 Å². The molecule has 0 fully saturated rings. The van der Waals surface area contributed by atoms with Crippen LogP contribution in [0, 0.1) is 0 Å². The lowest BCUT2D eigenvalue weighted by molar-refractivity contribution is -0.161. The first-order chi connectivity index (χ1) is 46.2. The highest BCUT2D eigenvalue weighted by atomic mass is 31.2. The monoisotopic (exact) mass is 1400 g/mol. The molecule has 0 radical (unpaired) electrons. The Morgan fingerprint density at radius 1 is 0.253 bits per heavy atom. The van der Waals surface area contributed by atoms with Crippen molar-refractivity contribution in [1.29, 1.82) is 0 Å². The predicted octanol–water partition coefficient (Wildman–Crippen LogP) is 22.6. The topological polar surface area (TPSA) is 237 Å². The maximum Gasteiger partial charge on any atom is 0.472 e. The first kappa shape index (κ1) is 93.1. The van der Waals surface area contributed by atoms with Crippen LogP contribution in [-0.2, 0) is 65.4 Å². The number of phosphoric acid groups is 2. The number of hydrogen-bond donors (Lipinski definition) is 3. The van der Waals surface area contributed by atoms with Gasteiger partial charge in [0.25, 0.3) is 0 Å². The lowest BCUT2D eigenvalue weighted by Gasteiger charge is -2.21. The molecule has 0 aliphatic heterocycles. The van der Waals surface area contributed by atoms with Crippen molar-refractivity contribution in [3.05, 3.63) is 0 Å². The van der Waals surface area contributed by atoms with Gasteiger partial charge in [-0.2, -0.15) is 0 Å². The Kier molecular flexibility index (Phi) is 69.1. The Morgan fingerprint density at radius 2 is 0.421 bits per heavy atom. The molecule has 0 saturated heterocycles. The van der Waals surface area contributed by atoms with Crippen LogP contribution in [0.3, 0.4) is 0 Å². The quantitative estimate of drug-likeness (QED) is 0.0222. The maximum absolute atomic E-state index is 13.1. The Morgan fingerprint density at radius 3 is 0.621 bits per heavy atom. The molecule has 0 amide bonds. The number of aliphatic hydroxyl groups excluding tert-OH is 1. The molecular formula is C76H148O17P2. The van der Waals surface area contributed by atoms with E-state index < -0.39 is 97.5 Å². The van der Waals surface area contributed by atoms with E-state index in [4.69, 9.17) is 37.0 Å². The molecule has 564 valence electrons. The number of hydrogen-bond acceptors (Lipinski definition) is 15. The van der Waals surface area contributed by atoms with Crippen LogP contribution in [-0.4, -0.2) is 96.7 Å². The van der Waals surface area contributed by atoms with Gasteiger partial charge in [0.05, 0.1) is 26.4 Å². The van der Waals surface area contributed by atoms with E-state index in [1.807, 2.05) is 0 Å². The summed E-state index contributed by atoms with van der Waals surface area (Å²) in [4.78, 5) is 72.3. The summed E-state index contributed by atoms with van der Waals surface area (Å²) in [5.41, 5.74) is 0. The molecule has 95 heavy (non-hydrogen) atoms. The summed E-state index contributed by atoms with van der Waals surface area (Å²) >= 11 is 0. The van der Waals surface area contributed by atoms with Crippen LogP contribution in [0.1, 0.15) is 407 Å². The highest BCUT2D eigenvalue weighted by Gasteiger charge is 2.30. The van der Waals surface area contributed by atoms with Crippen molar-refractivity contribution in [2.24, 2.45) is 0 Å². The summed E-state index contributed by atoms with van der Waals surface area (Å²) in [5.74, 6) is -2.13.